The summed E-state index contributed by atoms with van der Waals surface area (Å²) in [6, 6.07) is 8.20. The van der Waals surface area contributed by atoms with Crippen molar-refractivity contribution < 1.29 is 4.74 Å². The largest absolute Gasteiger partial charge is 0.496 e. The Hall–Kier alpha value is -3.64. The van der Waals surface area contributed by atoms with E-state index in [0.29, 0.717) is 11.6 Å². The molecule has 0 spiro atoms. The lowest BCUT2D eigenvalue weighted by Crippen LogP contribution is -2.30. The second-order valence-corrected chi connectivity index (χ2v) is 7.32. The van der Waals surface area contributed by atoms with Crippen LogP contribution in [0.25, 0.3) is 16.1 Å². The Morgan fingerprint density at radius 1 is 1.13 bits per heavy atom. The number of likely N-dealkylation sites (N-methyl/N-ethyl adjacent to an activating group) is 1. The van der Waals surface area contributed by atoms with Crippen LogP contribution in [0.2, 0.25) is 0 Å². The first-order chi connectivity index (χ1) is 15.2. The van der Waals surface area contributed by atoms with Crippen molar-refractivity contribution in [2.24, 2.45) is 0 Å². The average molecular weight is 419 g/mol. The van der Waals surface area contributed by atoms with Crippen molar-refractivity contribution in [3.63, 3.8) is 0 Å². The summed E-state index contributed by atoms with van der Waals surface area (Å²) in [5.41, 5.74) is 2.95. The molecule has 3 heterocycles. The fourth-order valence-corrected chi connectivity index (χ4v) is 3.74. The quantitative estimate of drug-likeness (QED) is 0.590. The molecule has 1 saturated heterocycles. The van der Waals surface area contributed by atoms with Gasteiger partial charge in [0.15, 0.2) is 17.8 Å². The van der Waals surface area contributed by atoms with E-state index >= 15 is 0 Å². The highest BCUT2D eigenvalue weighted by atomic mass is 16.5. The second-order valence-electron chi connectivity index (χ2n) is 7.32. The highest BCUT2D eigenvalue weighted by Gasteiger charge is 2.17. The molecule has 0 radical (unpaired) electrons. The number of anilines is 3. The predicted molar refractivity (Wildman–Crippen MR) is 121 cm³/mol. The summed E-state index contributed by atoms with van der Waals surface area (Å²) < 4.78 is 5.70. The smallest absolute Gasteiger partial charge is 0.288 e. The molecule has 0 bridgehead atoms. The third-order valence-corrected chi connectivity index (χ3v) is 5.46. The van der Waals surface area contributed by atoms with Gasteiger partial charge in [-0.3, -0.25) is 5.10 Å². The number of hydrogen-bond donors (Lipinski definition) is 2. The van der Waals surface area contributed by atoms with Crippen molar-refractivity contribution in [2.75, 3.05) is 50.1 Å². The van der Waals surface area contributed by atoms with Gasteiger partial charge in [-0.1, -0.05) is 13.5 Å². The average Bonchev–Trinajstić information content (AvgIpc) is 3.14. The maximum Gasteiger partial charge on any atom is 0.288 e. The molecule has 1 aromatic carbocycles. The van der Waals surface area contributed by atoms with E-state index in [2.05, 4.69) is 65.2 Å². The minimum atomic E-state index is 0.255. The van der Waals surface area contributed by atoms with Crippen LogP contribution in [0.15, 0.2) is 36.7 Å². The van der Waals surface area contributed by atoms with E-state index in [-0.39, 0.29) is 5.82 Å². The zero-order valence-electron chi connectivity index (χ0n) is 17.8. The van der Waals surface area contributed by atoms with Crippen LogP contribution in [-0.2, 0) is 0 Å². The number of aromatic nitrogens is 4. The Bertz CT molecular complexity index is 1060. The first kappa shape index (κ1) is 20.6. The lowest BCUT2D eigenvalue weighted by atomic mass is 10.1. The molecule has 0 unspecified atom stereocenters. The van der Waals surface area contributed by atoms with Gasteiger partial charge < -0.3 is 24.7 Å². The van der Waals surface area contributed by atoms with Gasteiger partial charge in [0.1, 0.15) is 5.75 Å². The van der Waals surface area contributed by atoms with Gasteiger partial charge in [-0.2, -0.15) is 5.10 Å². The van der Waals surface area contributed by atoms with Gasteiger partial charge in [-0.05, 0) is 31.6 Å². The van der Waals surface area contributed by atoms with Gasteiger partial charge in [0, 0.05) is 43.0 Å². The van der Waals surface area contributed by atoms with Gasteiger partial charge in [0.05, 0.1) is 19.0 Å². The zero-order valence-corrected chi connectivity index (χ0v) is 17.8. The first-order valence-corrected chi connectivity index (χ1v) is 10.4. The monoisotopic (exact) mass is 418 g/mol. The van der Waals surface area contributed by atoms with Crippen LogP contribution >= 0.6 is 0 Å². The van der Waals surface area contributed by atoms with Gasteiger partial charge >= 0.3 is 0 Å². The summed E-state index contributed by atoms with van der Waals surface area (Å²) in [5.74, 6) is 2.18. The molecule has 4 rings (SSSR count). The number of ether oxygens (including phenoxy) is 1. The van der Waals surface area contributed by atoms with E-state index < -0.39 is 0 Å². The summed E-state index contributed by atoms with van der Waals surface area (Å²) in [6.45, 7) is 14.6. The fraction of sp³-hybridized carbons (Fsp3) is 0.364. The van der Waals surface area contributed by atoms with Crippen LogP contribution in [0.3, 0.4) is 0 Å². The van der Waals surface area contributed by atoms with Gasteiger partial charge in [0.25, 0.3) is 5.82 Å². The van der Waals surface area contributed by atoms with Crippen LogP contribution < -0.4 is 15.0 Å². The number of nitrogens with zero attached hydrogens (tertiary/aromatic N) is 6. The Kier molecular flexibility index (Phi) is 6.29. The molecule has 1 aliphatic heterocycles. The van der Waals surface area contributed by atoms with E-state index in [1.54, 1.807) is 7.11 Å². The molecule has 0 aliphatic carbocycles. The van der Waals surface area contributed by atoms with Crippen molar-refractivity contribution in [3.8, 4) is 17.0 Å². The number of nitrogens with one attached hydrogen (secondary N) is 2. The Labute approximate surface area is 181 Å². The van der Waals surface area contributed by atoms with Gasteiger partial charge in [-0.25, -0.2) is 4.98 Å². The molecule has 2 aromatic heterocycles. The predicted octanol–water partition coefficient (Wildman–Crippen LogP) is 3.70. The van der Waals surface area contributed by atoms with E-state index in [0.717, 1.165) is 56.2 Å². The molecule has 0 amide bonds. The first-order valence-electron chi connectivity index (χ1n) is 10.4. The number of H-pyrrole nitrogens is 1. The fourth-order valence-electron chi connectivity index (χ4n) is 3.74. The summed E-state index contributed by atoms with van der Waals surface area (Å²) in [6.07, 6.45) is 4.10. The SMILES string of the molecule is [C-]#[N+]c1cnc(Nc2cc(-c3ccc(N4CCCN(CC)CC4)cc3OC)[nH]n2)cn1. The molecule has 0 saturated carbocycles. The molecule has 31 heavy (non-hydrogen) atoms. The Balaban J connectivity index is 1.51. The standard InChI is InChI=1S/C22H26N8O/c1-4-29-8-5-9-30(11-10-29)16-6-7-17(19(12-16)31-3)18-13-20(28-27-18)26-22-15-24-21(23-2)14-25-22/h6-7,12-15H,4-5,8-11H2,1,3H3,(H2,25,26,27,28). The highest BCUT2D eigenvalue weighted by Crippen LogP contribution is 2.34. The number of rotatable bonds is 6. The molecular formula is C22H26N8O. The molecule has 0 atom stereocenters. The minimum absolute atomic E-state index is 0.255. The van der Waals surface area contributed by atoms with Crippen LogP contribution in [0, 0.1) is 6.57 Å². The summed E-state index contributed by atoms with van der Waals surface area (Å²) in [7, 11) is 1.69. The van der Waals surface area contributed by atoms with Gasteiger partial charge in [0.2, 0.25) is 0 Å². The Morgan fingerprint density at radius 3 is 2.77 bits per heavy atom. The van der Waals surface area contributed by atoms with Gasteiger partial charge in [-0.15, -0.1) is 4.98 Å². The van der Waals surface area contributed by atoms with Crippen LogP contribution in [-0.4, -0.2) is 64.9 Å². The molecule has 1 fully saturated rings. The van der Waals surface area contributed by atoms with Crippen molar-refractivity contribution in [3.05, 3.63) is 48.1 Å². The summed E-state index contributed by atoms with van der Waals surface area (Å²) in [4.78, 5) is 16.3. The molecular weight excluding hydrogens is 392 g/mol. The third-order valence-electron chi connectivity index (χ3n) is 5.46. The molecule has 9 nitrogen and oxygen atoms in total. The normalized spacial score (nSPS) is 14.7. The molecule has 3 aromatic rings. The van der Waals surface area contributed by atoms with Crippen molar-refractivity contribution in [1.82, 2.24) is 25.1 Å². The lowest BCUT2D eigenvalue weighted by molar-refractivity contribution is 0.310. The van der Waals surface area contributed by atoms with E-state index in [4.69, 9.17) is 11.3 Å². The minimum Gasteiger partial charge on any atom is -0.496 e. The Morgan fingerprint density at radius 2 is 2.03 bits per heavy atom. The van der Waals surface area contributed by atoms with Crippen molar-refractivity contribution in [2.45, 2.75) is 13.3 Å². The third kappa shape index (κ3) is 4.75. The summed E-state index contributed by atoms with van der Waals surface area (Å²) >= 11 is 0. The summed E-state index contributed by atoms with van der Waals surface area (Å²) in [5, 5.41) is 10.5. The molecule has 2 N–H and O–H groups in total. The number of benzene rings is 1. The number of hydrogen-bond acceptors (Lipinski definition) is 7. The highest BCUT2D eigenvalue weighted by molar-refractivity contribution is 5.73. The van der Waals surface area contributed by atoms with Crippen LogP contribution in [0.5, 0.6) is 5.75 Å². The van der Waals surface area contributed by atoms with Crippen molar-refractivity contribution >= 4 is 23.1 Å². The van der Waals surface area contributed by atoms with Crippen molar-refractivity contribution in [1.29, 1.82) is 0 Å². The van der Waals surface area contributed by atoms with Crippen LogP contribution in [0.4, 0.5) is 23.1 Å². The molecule has 160 valence electrons. The molecule has 9 heteroatoms. The van der Waals surface area contributed by atoms with E-state index in [1.807, 2.05) is 6.07 Å². The zero-order chi connectivity index (χ0) is 21.6. The number of aromatic amines is 1. The molecule has 1 aliphatic rings. The second kappa shape index (κ2) is 9.45. The maximum atomic E-state index is 6.95. The maximum absolute atomic E-state index is 6.95. The van der Waals surface area contributed by atoms with E-state index in [9.17, 15) is 0 Å². The topological polar surface area (TPSA) is 86.6 Å². The van der Waals surface area contributed by atoms with Crippen LogP contribution in [0.1, 0.15) is 13.3 Å². The lowest BCUT2D eigenvalue weighted by Gasteiger charge is -2.24. The number of methoxy groups -OCH3 is 1. The van der Waals surface area contributed by atoms with E-state index in [1.165, 1.54) is 18.1 Å².